The summed E-state index contributed by atoms with van der Waals surface area (Å²) in [5, 5.41) is 2.83. The fraction of sp³-hybridized carbons (Fsp3) is 0.250. The van der Waals surface area contributed by atoms with E-state index in [-0.39, 0.29) is 24.9 Å². The number of nitrogens with one attached hydrogen (secondary N) is 1. The molecule has 0 bridgehead atoms. The number of carbonyl (C=O) groups excluding carboxylic acids is 1. The summed E-state index contributed by atoms with van der Waals surface area (Å²) < 4.78 is 12.2. The Morgan fingerprint density at radius 2 is 1.64 bits per heavy atom. The van der Waals surface area contributed by atoms with E-state index in [4.69, 9.17) is 9.47 Å². The second-order valence-electron chi connectivity index (χ2n) is 4.70. The molecule has 0 saturated heterocycles. The number of carbonyl (C=O) groups is 1. The minimum Gasteiger partial charge on any atom is -1.00 e. The largest absolute Gasteiger partial charge is 1.00 e. The van der Waals surface area contributed by atoms with Gasteiger partial charge in [-0.3, -0.25) is 4.79 Å². The van der Waals surface area contributed by atoms with Crippen molar-refractivity contribution in [3.8, 4) is 11.5 Å². The average molecular weight is 323 g/mol. The summed E-state index contributed by atoms with van der Waals surface area (Å²) in [5.74, 6) is 1.15. The molecular formula is C16H19ClN2O3. The van der Waals surface area contributed by atoms with Gasteiger partial charge >= 0.3 is 0 Å². The SMILES string of the molecule is COc1cc(NC(=O)C[n+]2ccc(C)cc2)cc(OC)c1.[Cl-]. The van der Waals surface area contributed by atoms with E-state index in [0.29, 0.717) is 17.2 Å². The first-order chi connectivity index (χ1) is 10.1. The molecule has 1 heterocycles. The number of amides is 1. The number of aromatic nitrogens is 1. The number of halogens is 1. The van der Waals surface area contributed by atoms with Crippen molar-refractivity contribution >= 4 is 11.6 Å². The van der Waals surface area contributed by atoms with Gasteiger partial charge in [-0.15, -0.1) is 0 Å². The predicted molar refractivity (Wildman–Crippen MR) is 79.5 cm³/mol. The van der Waals surface area contributed by atoms with E-state index in [1.54, 1.807) is 32.4 Å². The van der Waals surface area contributed by atoms with Crippen molar-refractivity contribution in [2.75, 3.05) is 19.5 Å². The van der Waals surface area contributed by atoms with Crippen molar-refractivity contribution in [1.82, 2.24) is 0 Å². The van der Waals surface area contributed by atoms with E-state index < -0.39 is 0 Å². The zero-order valence-electron chi connectivity index (χ0n) is 12.8. The summed E-state index contributed by atoms with van der Waals surface area (Å²) >= 11 is 0. The van der Waals surface area contributed by atoms with Crippen LogP contribution in [0.25, 0.3) is 0 Å². The van der Waals surface area contributed by atoms with E-state index in [1.807, 2.05) is 36.0 Å². The minimum absolute atomic E-state index is 0. The smallest absolute Gasteiger partial charge is 0.290 e. The van der Waals surface area contributed by atoms with Crippen LogP contribution in [0, 0.1) is 6.92 Å². The number of benzene rings is 1. The highest BCUT2D eigenvalue weighted by atomic mass is 35.5. The minimum atomic E-state index is -0.112. The molecule has 5 nitrogen and oxygen atoms in total. The van der Waals surface area contributed by atoms with Crippen LogP contribution in [0.2, 0.25) is 0 Å². The Morgan fingerprint density at radius 3 is 2.14 bits per heavy atom. The van der Waals surface area contributed by atoms with Crippen LogP contribution in [-0.4, -0.2) is 20.1 Å². The first-order valence-corrected chi connectivity index (χ1v) is 6.59. The average Bonchev–Trinajstić information content (AvgIpc) is 2.49. The lowest BCUT2D eigenvalue weighted by Crippen LogP contribution is -3.00. The molecule has 0 saturated carbocycles. The molecular weight excluding hydrogens is 304 g/mol. The Balaban J connectivity index is 0.00000242. The molecule has 0 atom stereocenters. The number of aryl methyl sites for hydroxylation is 1. The van der Waals surface area contributed by atoms with Crippen molar-refractivity contribution in [1.29, 1.82) is 0 Å². The highest BCUT2D eigenvalue weighted by molar-refractivity contribution is 5.90. The van der Waals surface area contributed by atoms with Crippen LogP contribution < -0.4 is 31.8 Å². The molecule has 0 spiro atoms. The van der Waals surface area contributed by atoms with Gasteiger partial charge in [-0.25, -0.2) is 0 Å². The lowest BCUT2D eigenvalue weighted by atomic mass is 10.2. The van der Waals surface area contributed by atoms with Gasteiger partial charge in [-0.2, -0.15) is 4.57 Å². The van der Waals surface area contributed by atoms with Crippen LogP contribution in [0.4, 0.5) is 5.69 Å². The van der Waals surface area contributed by atoms with Crippen LogP contribution in [0.15, 0.2) is 42.7 Å². The second kappa shape index (κ2) is 8.24. The Hall–Kier alpha value is -2.27. The van der Waals surface area contributed by atoms with E-state index >= 15 is 0 Å². The number of rotatable bonds is 5. The lowest BCUT2D eigenvalue weighted by molar-refractivity contribution is -0.684. The highest BCUT2D eigenvalue weighted by Crippen LogP contribution is 2.25. The van der Waals surface area contributed by atoms with Crippen LogP contribution in [0.3, 0.4) is 0 Å². The van der Waals surface area contributed by atoms with Gasteiger partial charge in [-0.05, 0) is 12.5 Å². The standard InChI is InChI=1S/C16H18N2O3.ClH/c1-12-4-6-18(7-5-12)11-16(19)17-13-8-14(20-2)10-15(9-13)21-3;/h4-10H,11H2,1-3H3;1H. The molecule has 0 aliphatic carbocycles. The monoisotopic (exact) mass is 322 g/mol. The number of hydrogen-bond acceptors (Lipinski definition) is 3. The van der Waals surface area contributed by atoms with Crippen molar-refractivity contribution in [3.05, 3.63) is 48.3 Å². The fourth-order valence-corrected chi connectivity index (χ4v) is 1.88. The number of hydrogen-bond donors (Lipinski definition) is 1. The van der Waals surface area contributed by atoms with Gasteiger partial charge in [-0.1, -0.05) is 0 Å². The number of methoxy groups -OCH3 is 2. The second-order valence-corrected chi connectivity index (χ2v) is 4.70. The molecule has 2 rings (SSSR count). The number of pyridine rings is 1. The third-order valence-corrected chi connectivity index (χ3v) is 3.02. The fourth-order valence-electron chi connectivity index (χ4n) is 1.88. The highest BCUT2D eigenvalue weighted by Gasteiger charge is 2.10. The van der Waals surface area contributed by atoms with Gasteiger partial charge in [0.1, 0.15) is 11.5 Å². The van der Waals surface area contributed by atoms with E-state index in [2.05, 4.69) is 5.32 Å². The molecule has 0 aliphatic heterocycles. The summed E-state index contributed by atoms with van der Waals surface area (Å²) in [4.78, 5) is 12.1. The molecule has 0 unspecified atom stereocenters. The maximum Gasteiger partial charge on any atom is 0.290 e. The van der Waals surface area contributed by atoms with E-state index in [0.717, 1.165) is 5.56 Å². The summed E-state index contributed by atoms with van der Waals surface area (Å²) in [7, 11) is 3.14. The van der Waals surface area contributed by atoms with Crippen LogP contribution >= 0.6 is 0 Å². The molecule has 6 heteroatoms. The maximum atomic E-state index is 12.1. The van der Waals surface area contributed by atoms with Gasteiger partial charge in [0.05, 0.1) is 14.2 Å². The van der Waals surface area contributed by atoms with Crippen molar-refractivity contribution in [2.24, 2.45) is 0 Å². The molecule has 0 radical (unpaired) electrons. The molecule has 1 N–H and O–H groups in total. The van der Waals surface area contributed by atoms with Crippen LogP contribution in [0.1, 0.15) is 5.56 Å². The van der Waals surface area contributed by atoms with Crippen LogP contribution in [0.5, 0.6) is 11.5 Å². The topological polar surface area (TPSA) is 51.4 Å². The van der Waals surface area contributed by atoms with Gasteiger partial charge in [0.2, 0.25) is 6.54 Å². The molecule has 0 aliphatic rings. The Bertz CT molecular complexity index is 608. The van der Waals surface area contributed by atoms with Crippen molar-refractivity contribution < 1.29 is 31.2 Å². The molecule has 1 aromatic carbocycles. The quantitative estimate of drug-likeness (QED) is 0.714. The van der Waals surface area contributed by atoms with Gasteiger partial charge in [0.15, 0.2) is 12.4 Å². The molecule has 22 heavy (non-hydrogen) atoms. The predicted octanol–water partition coefficient (Wildman–Crippen LogP) is -1.06. The molecule has 118 valence electrons. The summed E-state index contributed by atoms with van der Waals surface area (Å²) in [6.45, 7) is 2.26. The first kappa shape index (κ1) is 17.8. The third-order valence-electron chi connectivity index (χ3n) is 3.02. The van der Waals surface area contributed by atoms with Gasteiger partial charge in [0, 0.05) is 36.0 Å². The van der Waals surface area contributed by atoms with Gasteiger partial charge < -0.3 is 27.2 Å². The number of anilines is 1. The lowest BCUT2D eigenvalue weighted by Gasteiger charge is -2.09. The normalized spacial score (nSPS) is 9.59. The van der Waals surface area contributed by atoms with Gasteiger partial charge in [0.25, 0.3) is 5.91 Å². The van der Waals surface area contributed by atoms with E-state index in [9.17, 15) is 4.79 Å². The summed E-state index contributed by atoms with van der Waals surface area (Å²) in [5.41, 5.74) is 1.80. The first-order valence-electron chi connectivity index (χ1n) is 6.59. The Labute approximate surface area is 136 Å². The van der Waals surface area contributed by atoms with Crippen molar-refractivity contribution in [3.63, 3.8) is 0 Å². The maximum absolute atomic E-state index is 12.1. The van der Waals surface area contributed by atoms with E-state index in [1.165, 1.54) is 0 Å². The van der Waals surface area contributed by atoms with Crippen LogP contribution in [-0.2, 0) is 11.3 Å². The zero-order valence-corrected chi connectivity index (χ0v) is 13.6. The summed E-state index contributed by atoms with van der Waals surface area (Å²) in [6, 6.07) is 9.18. The number of nitrogens with zero attached hydrogens (tertiary/aromatic N) is 1. The molecule has 1 aromatic heterocycles. The molecule has 0 fully saturated rings. The molecule has 1 amide bonds. The number of ether oxygens (including phenoxy) is 2. The Kier molecular flexibility index (Phi) is 6.66. The zero-order chi connectivity index (χ0) is 15.2. The van der Waals surface area contributed by atoms with Crippen molar-refractivity contribution in [2.45, 2.75) is 13.5 Å². The summed E-state index contributed by atoms with van der Waals surface area (Å²) in [6.07, 6.45) is 3.75. The molecule has 2 aromatic rings. The Morgan fingerprint density at radius 1 is 1.09 bits per heavy atom. The third kappa shape index (κ3) is 4.93.